The zero-order chi connectivity index (χ0) is 12.7. The molecule has 0 radical (unpaired) electrons. The number of esters is 1. The molecule has 0 aliphatic carbocycles. The molecule has 0 N–H and O–H groups in total. The van der Waals surface area contributed by atoms with Crippen molar-refractivity contribution in [3.63, 3.8) is 0 Å². The minimum absolute atomic E-state index is 0.0886. The van der Waals surface area contributed by atoms with Gasteiger partial charge in [0, 0.05) is 12.0 Å². The Kier molecular flexibility index (Phi) is 3.01. The molecule has 1 atom stereocenters. The van der Waals surface area contributed by atoms with Crippen LogP contribution in [0.3, 0.4) is 0 Å². The molecule has 2 bridgehead atoms. The summed E-state index contributed by atoms with van der Waals surface area (Å²) in [6.07, 6.45) is 1.25. The van der Waals surface area contributed by atoms with Crippen molar-refractivity contribution in [3.05, 3.63) is 12.7 Å². The van der Waals surface area contributed by atoms with E-state index in [4.69, 9.17) is 18.9 Å². The summed E-state index contributed by atoms with van der Waals surface area (Å²) in [4.78, 5) is 11.2. The van der Waals surface area contributed by atoms with Crippen LogP contribution in [0.15, 0.2) is 12.7 Å². The topological polar surface area (TPSA) is 54.0 Å². The molecule has 0 aromatic carbocycles. The second-order valence-corrected chi connectivity index (χ2v) is 4.60. The lowest BCUT2D eigenvalue weighted by Gasteiger charge is -2.48. The van der Waals surface area contributed by atoms with E-state index in [9.17, 15) is 4.79 Å². The van der Waals surface area contributed by atoms with Gasteiger partial charge in [-0.3, -0.25) is 9.47 Å². The summed E-state index contributed by atoms with van der Waals surface area (Å²) in [6.45, 7) is 9.45. The molecular weight excluding hydrogens is 224 g/mol. The van der Waals surface area contributed by atoms with E-state index in [1.54, 1.807) is 0 Å². The minimum Gasteiger partial charge on any atom is -0.453 e. The van der Waals surface area contributed by atoms with Crippen LogP contribution >= 0.6 is 0 Å². The summed E-state index contributed by atoms with van der Waals surface area (Å²) in [5, 5.41) is 0. The predicted molar refractivity (Wildman–Crippen MR) is 58.8 cm³/mol. The largest absolute Gasteiger partial charge is 0.453 e. The van der Waals surface area contributed by atoms with E-state index in [0.717, 1.165) is 6.08 Å². The SMILES string of the molecule is C=CC(=O)OC(CC)C12COC(C(C)C)(O1)O2. The number of rotatable bonds is 5. The Labute approximate surface area is 101 Å². The number of hydrogen-bond acceptors (Lipinski definition) is 5. The van der Waals surface area contributed by atoms with Gasteiger partial charge in [-0.15, -0.1) is 0 Å². The third-order valence-electron chi connectivity index (χ3n) is 3.10. The van der Waals surface area contributed by atoms with Crippen LogP contribution in [0, 0.1) is 5.92 Å². The summed E-state index contributed by atoms with van der Waals surface area (Å²) in [7, 11) is 0. The molecule has 3 saturated heterocycles. The van der Waals surface area contributed by atoms with E-state index < -0.39 is 23.8 Å². The Balaban J connectivity index is 2.04. The maximum Gasteiger partial charge on any atom is 0.330 e. The maximum absolute atomic E-state index is 11.2. The molecule has 3 heterocycles. The summed E-state index contributed by atoms with van der Waals surface area (Å²) in [5.74, 6) is -2.27. The average molecular weight is 242 g/mol. The molecule has 3 rings (SSSR count). The Bertz CT molecular complexity index is 330. The minimum atomic E-state index is -0.950. The van der Waals surface area contributed by atoms with E-state index in [0.29, 0.717) is 6.42 Å². The zero-order valence-corrected chi connectivity index (χ0v) is 10.4. The zero-order valence-electron chi connectivity index (χ0n) is 10.4. The summed E-state index contributed by atoms with van der Waals surface area (Å²) >= 11 is 0. The van der Waals surface area contributed by atoms with Crippen LogP contribution in [-0.2, 0) is 23.7 Å². The first-order valence-electron chi connectivity index (χ1n) is 5.85. The standard InChI is InChI=1S/C12H18O5/c1-5-9(15-10(13)6-2)11-7-14-12(16-11,17-11)8(3)4/h6,8-9H,2,5,7H2,1,3-4H3. The van der Waals surface area contributed by atoms with Crippen molar-refractivity contribution in [2.45, 2.75) is 45.1 Å². The van der Waals surface area contributed by atoms with E-state index >= 15 is 0 Å². The normalized spacial score (nSPS) is 36.5. The van der Waals surface area contributed by atoms with Gasteiger partial charge in [-0.1, -0.05) is 27.4 Å². The molecule has 5 nitrogen and oxygen atoms in total. The number of carbonyl (C=O) groups is 1. The first-order chi connectivity index (χ1) is 7.98. The smallest absolute Gasteiger partial charge is 0.330 e. The van der Waals surface area contributed by atoms with Crippen LogP contribution in [0.2, 0.25) is 0 Å². The highest BCUT2D eigenvalue weighted by molar-refractivity contribution is 5.81. The molecule has 0 aromatic heterocycles. The highest BCUT2D eigenvalue weighted by Crippen LogP contribution is 2.53. The van der Waals surface area contributed by atoms with E-state index in [1.807, 2.05) is 20.8 Å². The van der Waals surface area contributed by atoms with Crippen molar-refractivity contribution in [2.24, 2.45) is 5.92 Å². The molecule has 3 aliphatic rings. The first kappa shape index (κ1) is 12.5. The van der Waals surface area contributed by atoms with Gasteiger partial charge in [0.25, 0.3) is 5.97 Å². The van der Waals surface area contributed by atoms with Gasteiger partial charge in [-0.2, -0.15) is 0 Å². The monoisotopic (exact) mass is 242 g/mol. The fourth-order valence-corrected chi connectivity index (χ4v) is 2.11. The number of carbonyl (C=O) groups excluding carboxylic acids is 1. The molecule has 3 fully saturated rings. The second kappa shape index (κ2) is 4.08. The van der Waals surface area contributed by atoms with Gasteiger partial charge in [0.15, 0.2) is 6.10 Å². The Morgan fingerprint density at radius 3 is 2.59 bits per heavy atom. The predicted octanol–water partition coefficient (Wildman–Crippen LogP) is 1.58. The lowest BCUT2D eigenvalue weighted by Crippen LogP contribution is -2.64. The van der Waals surface area contributed by atoms with Crippen LogP contribution < -0.4 is 0 Å². The van der Waals surface area contributed by atoms with Gasteiger partial charge in [0.2, 0.25) is 5.79 Å². The van der Waals surface area contributed by atoms with Crippen molar-refractivity contribution in [2.75, 3.05) is 6.61 Å². The molecule has 5 heteroatoms. The maximum atomic E-state index is 11.2. The van der Waals surface area contributed by atoms with E-state index in [1.165, 1.54) is 0 Å². The van der Waals surface area contributed by atoms with Crippen LogP contribution in [0.4, 0.5) is 0 Å². The number of ether oxygens (including phenoxy) is 4. The van der Waals surface area contributed by atoms with Gasteiger partial charge >= 0.3 is 5.97 Å². The molecule has 17 heavy (non-hydrogen) atoms. The van der Waals surface area contributed by atoms with Gasteiger partial charge < -0.3 is 9.47 Å². The Morgan fingerprint density at radius 1 is 1.53 bits per heavy atom. The molecule has 3 aliphatic heterocycles. The lowest BCUT2D eigenvalue weighted by molar-refractivity contribution is -0.534. The highest BCUT2D eigenvalue weighted by atomic mass is 17.1. The fraction of sp³-hybridized carbons (Fsp3) is 0.750. The van der Waals surface area contributed by atoms with Crippen molar-refractivity contribution in [1.82, 2.24) is 0 Å². The summed E-state index contributed by atoms with van der Waals surface area (Å²) in [5.41, 5.74) is 0. The van der Waals surface area contributed by atoms with E-state index in [2.05, 4.69) is 6.58 Å². The molecular formula is C12H18O5. The van der Waals surface area contributed by atoms with Crippen LogP contribution in [0.25, 0.3) is 0 Å². The number of fused-ring (bicyclic) bond motifs is 1. The molecule has 0 amide bonds. The second-order valence-electron chi connectivity index (χ2n) is 4.60. The van der Waals surface area contributed by atoms with Crippen molar-refractivity contribution >= 4 is 5.97 Å². The van der Waals surface area contributed by atoms with Gasteiger partial charge in [-0.25, -0.2) is 4.79 Å². The first-order valence-corrected chi connectivity index (χ1v) is 5.85. The fourth-order valence-electron chi connectivity index (χ4n) is 2.11. The van der Waals surface area contributed by atoms with Crippen molar-refractivity contribution in [1.29, 1.82) is 0 Å². The third-order valence-corrected chi connectivity index (χ3v) is 3.10. The van der Waals surface area contributed by atoms with Crippen molar-refractivity contribution < 1.29 is 23.7 Å². The van der Waals surface area contributed by atoms with Crippen LogP contribution in [0.5, 0.6) is 0 Å². The van der Waals surface area contributed by atoms with Gasteiger partial charge in [0.05, 0.1) is 0 Å². The molecule has 0 aromatic rings. The average Bonchev–Trinajstić information content (AvgIpc) is 2.81. The molecule has 1 unspecified atom stereocenters. The van der Waals surface area contributed by atoms with Gasteiger partial charge in [0.1, 0.15) is 6.61 Å². The lowest BCUT2D eigenvalue weighted by atomic mass is 10.0. The van der Waals surface area contributed by atoms with Crippen molar-refractivity contribution in [3.8, 4) is 0 Å². The van der Waals surface area contributed by atoms with Gasteiger partial charge in [-0.05, 0) is 6.42 Å². The Morgan fingerprint density at radius 2 is 2.18 bits per heavy atom. The van der Waals surface area contributed by atoms with E-state index in [-0.39, 0.29) is 12.5 Å². The molecule has 0 saturated carbocycles. The number of hydrogen-bond donors (Lipinski definition) is 0. The molecule has 0 spiro atoms. The third kappa shape index (κ3) is 1.78. The highest BCUT2D eigenvalue weighted by Gasteiger charge is 2.71. The Hall–Kier alpha value is -0.910. The van der Waals surface area contributed by atoms with Crippen LogP contribution in [-0.4, -0.2) is 30.4 Å². The quantitative estimate of drug-likeness (QED) is 0.541. The summed E-state index contributed by atoms with van der Waals surface area (Å²) in [6, 6.07) is 0. The molecule has 96 valence electrons. The van der Waals surface area contributed by atoms with Crippen LogP contribution in [0.1, 0.15) is 27.2 Å². The summed E-state index contributed by atoms with van der Waals surface area (Å²) < 4.78 is 22.2.